The standard InChI is InChI=1S/C29H32N2O3/c1-5-19-17-20(11-12-21(19)27(34)30-14-6-7-15-30)26(33)31-16-13-29(4)23-9-8-10-24(32)22(23)18-25(31)28(29,2)3/h1,8-12,17,25,32H,6-7,13-16,18H2,2-4H3/t25-,29?/m1/s1. The summed E-state index contributed by atoms with van der Waals surface area (Å²) in [6.45, 7) is 8.86. The SMILES string of the molecule is C#Cc1cc(C(=O)N2CCC3(C)c4cccc(O)c4C[C@@H]2C3(C)C)ccc1C(=O)N1CCCC1. The van der Waals surface area contributed by atoms with Crippen LogP contribution in [0.1, 0.15) is 77.4 Å². The van der Waals surface area contributed by atoms with Crippen molar-refractivity contribution in [2.45, 2.75) is 57.9 Å². The van der Waals surface area contributed by atoms with E-state index in [2.05, 4.69) is 32.8 Å². The first kappa shape index (κ1) is 22.5. The van der Waals surface area contributed by atoms with Crippen molar-refractivity contribution in [1.29, 1.82) is 0 Å². The molecule has 0 radical (unpaired) electrons. The van der Waals surface area contributed by atoms with Crippen molar-refractivity contribution in [3.8, 4) is 18.1 Å². The van der Waals surface area contributed by atoms with E-state index in [0.717, 1.165) is 37.9 Å². The number of likely N-dealkylation sites (tertiary alicyclic amines) is 2. The van der Waals surface area contributed by atoms with E-state index >= 15 is 0 Å². The molecule has 2 aliphatic heterocycles. The van der Waals surface area contributed by atoms with Crippen LogP contribution >= 0.6 is 0 Å². The van der Waals surface area contributed by atoms with Gasteiger partial charge in [-0.3, -0.25) is 9.59 Å². The predicted octanol–water partition coefficient (Wildman–Crippen LogP) is 4.36. The maximum atomic E-state index is 13.8. The van der Waals surface area contributed by atoms with Crippen molar-refractivity contribution in [1.82, 2.24) is 9.80 Å². The van der Waals surface area contributed by atoms with Gasteiger partial charge in [-0.05, 0) is 66.5 Å². The molecule has 2 fully saturated rings. The molecule has 2 amide bonds. The number of amides is 2. The number of carbonyl (C=O) groups excluding carboxylic acids is 2. The summed E-state index contributed by atoms with van der Waals surface area (Å²) >= 11 is 0. The quantitative estimate of drug-likeness (QED) is 0.683. The molecule has 0 spiro atoms. The first-order valence-electron chi connectivity index (χ1n) is 12.2. The summed E-state index contributed by atoms with van der Waals surface area (Å²) in [4.78, 5) is 30.5. The second-order valence-corrected chi connectivity index (χ2v) is 10.7. The second kappa shape index (κ2) is 7.91. The lowest BCUT2D eigenvalue weighted by molar-refractivity contribution is -0.0266. The van der Waals surface area contributed by atoms with E-state index < -0.39 is 0 Å². The Hall–Kier alpha value is -3.26. The molecule has 1 N–H and O–H groups in total. The topological polar surface area (TPSA) is 60.9 Å². The molecule has 5 nitrogen and oxygen atoms in total. The van der Waals surface area contributed by atoms with Gasteiger partial charge in [-0.2, -0.15) is 0 Å². The van der Waals surface area contributed by atoms with Crippen molar-refractivity contribution >= 4 is 11.8 Å². The average molecular weight is 457 g/mol. The number of rotatable bonds is 2. The maximum absolute atomic E-state index is 13.8. The Kier molecular flexibility index (Phi) is 5.24. The third-order valence-corrected chi connectivity index (χ3v) is 8.93. The molecule has 3 aliphatic rings. The molecule has 5 heteroatoms. The molecule has 2 atom stereocenters. The molecular weight excluding hydrogens is 424 g/mol. The van der Waals surface area contributed by atoms with Crippen LogP contribution in [0.2, 0.25) is 0 Å². The molecule has 5 rings (SSSR count). The average Bonchev–Trinajstić information content (AvgIpc) is 3.36. The molecule has 0 aromatic heterocycles. The van der Waals surface area contributed by atoms with Crippen LogP contribution in [0.25, 0.3) is 0 Å². The monoisotopic (exact) mass is 456 g/mol. The van der Waals surface area contributed by atoms with E-state index in [1.807, 2.05) is 15.9 Å². The van der Waals surface area contributed by atoms with Crippen LogP contribution in [0.15, 0.2) is 36.4 Å². The van der Waals surface area contributed by atoms with Gasteiger partial charge in [-0.25, -0.2) is 0 Å². The predicted molar refractivity (Wildman–Crippen MR) is 132 cm³/mol. The molecule has 34 heavy (non-hydrogen) atoms. The Morgan fingerprint density at radius 2 is 1.79 bits per heavy atom. The van der Waals surface area contributed by atoms with Gasteiger partial charge in [0.05, 0.1) is 5.56 Å². The number of nitrogens with zero attached hydrogens (tertiary/aromatic N) is 2. The van der Waals surface area contributed by atoms with E-state index in [4.69, 9.17) is 6.42 Å². The van der Waals surface area contributed by atoms with Gasteiger partial charge < -0.3 is 14.9 Å². The Morgan fingerprint density at radius 3 is 2.50 bits per heavy atom. The van der Waals surface area contributed by atoms with E-state index in [-0.39, 0.29) is 28.7 Å². The van der Waals surface area contributed by atoms with Crippen LogP contribution in [0.5, 0.6) is 5.75 Å². The molecule has 1 aliphatic carbocycles. The highest BCUT2D eigenvalue weighted by molar-refractivity contribution is 6.00. The zero-order valence-corrected chi connectivity index (χ0v) is 20.2. The number of fused-ring (bicyclic) bond motifs is 4. The lowest BCUT2D eigenvalue weighted by Gasteiger charge is -2.60. The molecule has 2 aromatic carbocycles. The summed E-state index contributed by atoms with van der Waals surface area (Å²) in [5.74, 6) is 2.81. The highest BCUT2D eigenvalue weighted by Gasteiger charge is 2.57. The highest BCUT2D eigenvalue weighted by Crippen LogP contribution is 2.57. The molecule has 0 saturated carbocycles. The number of phenolic OH excluding ortho intramolecular Hbond substituents is 1. The largest absolute Gasteiger partial charge is 0.508 e. The zero-order chi connectivity index (χ0) is 24.3. The lowest BCUT2D eigenvalue weighted by Crippen LogP contribution is -2.64. The van der Waals surface area contributed by atoms with Crippen molar-refractivity contribution in [3.05, 3.63) is 64.2 Å². The summed E-state index contributed by atoms with van der Waals surface area (Å²) in [5, 5.41) is 10.6. The van der Waals surface area contributed by atoms with Crippen molar-refractivity contribution in [2.24, 2.45) is 5.41 Å². The minimum atomic E-state index is -0.178. The summed E-state index contributed by atoms with van der Waals surface area (Å²) in [5.41, 5.74) is 3.29. The molecule has 2 saturated heterocycles. The first-order valence-corrected chi connectivity index (χ1v) is 12.2. The molecule has 2 aromatic rings. The van der Waals surface area contributed by atoms with E-state index in [1.165, 1.54) is 5.56 Å². The molecule has 176 valence electrons. The van der Waals surface area contributed by atoms with Crippen LogP contribution in [0.4, 0.5) is 0 Å². The number of terminal acetylenes is 1. The number of benzene rings is 2. The number of hydrogen-bond donors (Lipinski definition) is 1. The maximum Gasteiger partial charge on any atom is 0.255 e. The molecule has 1 unspecified atom stereocenters. The number of aromatic hydroxyl groups is 1. The summed E-state index contributed by atoms with van der Waals surface area (Å²) in [6.07, 6.45) is 9.22. The van der Waals surface area contributed by atoms with Crippen LogP contribution in [0, 0.1) is 17.8 Å². The van der Waals surface area contributed by atoms with Crippen LogP contribution in [-0.4, -0.2) is 52.4 Å². The third-order valence-electron chi connectivity index (χ3n) is 8.93. The fourth-order valence-electron chi connectivity index (χ4n) is 6.41. The first-order chi connectivity index (χ1) is 16.2. The van der Waals surface area contributed by atoms with Gasteiger partial charge in [0.25, 0.3) is 11.8 Å². The van der Waals surface area contributed by atoms with Gasteiger partial charge in [0.2, 0.25) is 0 Å². The molecular formula is C29H32N2O3. The van der Waals surface area contributed by atoms with Gasteiger partial charge >= 0.3 is 0 Å². The Bertz CT molecular complexity index is 1220. The summed E-state index contributed by atoms with van der Waals surface area (Å²) in [6, 6.07) is 10.9. The molecule has 2 bridgehead atoms. The molecule has 2 heterocycles. The van der Waals surface area contributed by atoms with Gasteiger partial charge in [0.1, 0.15) is 5.75 Å². The Labute approximate surface area is 201 Å². The number of phenols is 1. The van der Waals surface area contributed by atoms with Crippen LogP contribution in [0.3, 0.4) is 0 Å². The minimum absolute atomic E-state index is 0.0558. The third kappa shape index (κ3) is 3.15. The summed E-state index contributed by atoms with van der Waals surface area (Å²) < 4.78 is 0. The fraction of sp³-hybridized carbons (Fsp3) is 0.448. The van der Waals surface area contributed by atoms with E-state index in [0.29, 0.717) is 35.4 Å². The van der Waals surface area contributed by atoms with Crippen molar-refractivity contribution in [2.75, 3.05) is 19.6 Å². The van der Waals surface area contributed by atoms with Crippen LogP contribution in [-0.2, 0) is 11.8 Å². The minimum Gasteiger partial charge on any atom is -0.508 e. The van der Waals surface area contributed by atoms with Crippen molar-refractivity contribution in [3.63, 3.8) is 0 Å². The zero-order valence-electron chi connectivity index (χ0n) is 20.2. The van der Waals surface area contributed by atoms with Gasteiger partial charge in [-0.15, -0.1) is 6.42 Å². The number of hydrogen-bond acceptors (Lipinski definition) is 3. The smallest absolute Gasteiger partial charge is 0.255 e. The summed E-state index contributed by atoms with van der Waals surface area (Å²) in [7, 11) is 0. The van der Waals surface area contributed by atoms with Gasteiger partial charge in [0, 0.05) is 42.2 Å². The van der Waals surface area contributed by atoms with Gasteiger partial charge in [0.15, 0.2) is 0 Å². The Balaban J connectivity index is 1.49. The number of carbonyl (C=O) groups is 2. The van der Waals surface area contributed by atoms with Gasteiger partial charge in [-0.1, -0.05) is 38.8 Å². The van der Waals surface area contributed by atoms with Crippen LogP contribution < -0.4 is 0 Å². The number of piperidine rings is 1. The van der Waals surface area contributed by atoms with Crippen molar-refractivity contribution < 1.29 is 14.7 Å². The normalized spacial score (nSPS) is 24.9. The highest BCUT2D eigenvalue weighted by atomic mass is 16.3. The second-order valence-electron chi connectivity index (χ2n) is 10.7. The fourth-order valence-corrected chi connectivity index (χ4v) is 6.41. The van der Waals surface area contributed by atoms with E-state index in [1.54, 1.807) is 24.3 Å². The van der Waals surface area contributed by atoms with E-state index in [9.17, 15) is 14.7 Å². The lowest BCUT2D eigenvalue weighted by atomic mass is 9.51. The Morgan fingerprint density at radius 1 is 1.06 bits per heavy atom.